The fourth-order valence-electron chi connectivity index (χ4n) is 2.17. The van der Waals surface area contributed by atoms with Gasteiger partial charge in [-0.1, -0.05) is 42.5 Å². The van der Waals surface area contributed by atoms with Crippen molar-refractivity contribution in [3.8, 4) is 0 Å². The number of carbonyl (C=O) groups is 1. The predicted molar refractivity (Wildman–Crippen MR) is 83.8 cm³/mol. The SMILES string of the molecule is C=CCN(CC=C)[C@H](C(=O)OCC)[C@@H](O)c1ccccc1. The van der Waals surface area contributed by atoms with E-state index < -0.39 is 18.1 Å². The number of hydrogen-bond acceptors (Lipinski definition) is 4. The van der Waals surface area contributed by atoms with Crippen LogP contribution in [0, 0.1) is 0 Å². The minimum Gasteiger partial charge on any atom is -0.465 e. The van der Waals surface area contributed by atoms with Gasteiger partial charge in [0.05, 0.1) is 6.61 Å². The van der Waals surface area contributed by atoms with Crippen LogP contribution in [0.4, 0.5) is 0 Å². The molecule has 2 atom stereocenters. The Morgan fingerprint density at radius 2 is 1.86 bits per heavy atom. The van der Waals surface area contributed by atoms with Gasteiger partial charge in [-0.25, -0.2) is 0 Å². The molecular formula is C17H23NO3. The Morgan fingerprint density at radius 3 is 2.33 bits per heavy atom. The largest absolute Gasteiger partial charge is 0.465 e. The van der Waals surface area contributed by atoms with Crippen LogP contribution >= 0.6 is 0 Å². The lowest BCUT2D eigenvalue weighted by molar-refractivity contribution is -0.154. The fraction of sp³-hybridized carbons (Fsp3) is 0.353. The van der Waals surface area contributed by atoms with E-state index in [2.05, 4.69) is 13.2 Å². The molecular weight excluding hydrogens is 266 g/mol. The number of nitrogens with zero attached hydrogens (tertiary/aromatic N) is 1. The van der Waals surface area contributed by atoms with Gasteiger partial charge < -0.3 is 9.84 Å². The van der Waals surface area contributed by atoms with E-state index in [1.807, 2.05) is 18.2 Å². The highest BCUT2D eigenvalue weighted by atomic mass is 16.5. The zero-order valence-corrected chi connectivity index (χ0v) is 12.4. The van der Waals surface area contributed by atoms with Crippen LogP contribution in [0.1, 0.15) is 18.6 Å². The highest BCUT2D eigenvalue weighted by molar-refractivity contribution is 5.77. The Kier molecular flexibility index (Phi) is 7.43. The normalized spacial score (nSPS) is 13.5. The Hall–Kier alpha value is -1.91. The summed E-state index contributed by atoms with van der Waals surface area (Å²) < 4.78 is 5.11. The van der Waals surface area contributed by atoms with Crippen molar-refractivity contribution >= 4 is 5.97 Å². The number of esters is 1. The second-order valence-electron chi connectivity index (χ2n) is 4.58. The summed E-state index contributed by atoms with van der Waals surface area (Å²) in [4.78, 5) is 14.0. The topological polar surface area (TPSA) is 49.8 Å². The number of carbonyl (C=O) groups excluding carboxylic acids is 1. The third kappa shape index (κ3) is 4.85. The van der Waals surface area contributed by atoms with Crippen LogP contribution in [0.5, 0.6) is 0 Å². The Labute approximate surface area is 126 Å². The molecule has 114 valence electrons. The van der Waals surface area contributed by atoms with Crippen molar-refractivity contribution in [2.75, 3.05) is 19.7 Å². The van der Waals surface area contributed by atoms with Crippen LogP contribution in [0.2, 0.25) is 0 Å². The highest BCUT2D eigenvalue weighted by Crippen LogP contribution is 2.22. The first kappa shape index (κ1) is 17.1. The maximum atomic E-state index is 12.3. The van der Waals surface area contributed by atoms with Gasteiger partial charge in [-0.3, -0.25) is 9.69 Å². The molecule has 0 aliphatic heterocycles. The quantitative estimate of drug-likeness (QED) is 0.560. The standard InChI is InChI=1S/C17H23NO3/c1-4-12-18(13-5-2)15(17(20)21-6-3)16(19)14-10-8-7-9-11-14/h4-5,7-11,15-16,19H,1-2,6,12-13H2,3H3/t15-,16-/m0/s1. The van der Waals surface area contributed by atoms with E-state index in [0.29, 0.717) is 18.7 Å². The van der Waals surface area contributed by atoms with Crippen molar-refractivity contribution in [2.24, 2.45) is 0 Å². The van der Waals surface area contributed by atoms with Crippen molar-refractivity contribution in [1.82, 2.24) is 4.90 Å². The minimum absolute atomic E-state index is 0.271. The van der Waals surface area contributed by atoms with Gasteiger partial charge in [0.1, 0.15) is 12.1 Å². The summed E-state index contributed by atoms with van der Waals surface area (Å²) in [6.07, 6.45) is 2.41. The summed E-state index contributed by atoms with van der Waals surface area (Å²) >= 11 is 0. The summed E-state index contributed by atoms with van der Waals surface area (Å²) in [5.41, 5.74) is 0.675. The number of aliphatic hydroxyl groups excluding tert-OH is 1. The van der Waals surface area contributed by atoms with Crippen molar-refractivity contribution in [3.63, 3.8) is 0 Å². The summed E-state index contributed by atoms with van der Waals surface area (Å²) in [6, 6.07) is 8.30. The molecule has 0 unspecified atom stereocenters. The van der Waals surface area contributed by atoms with E-state index in [1.54, 1.807) is 36.1 Å². The van der Waals surface area contributed by atoms with Gasteiger partial charge in [0.2, 0.25) is 0 Å². The van der Waals surface area contributed by atoms with Gasteiger partial charge in [0.25, 0.3) is 0 Å². The van der Waals surface area contributed by atoms with Gasteiger partial charge in [-0.2, -0.15) is 0 Å². The van der Waals surface area contributed by atoms with Crippen LogP contribution in [0.25, 0.3) is 0 Å². The second-order valence-corrected chi connectivity index (χ2v) is 4.58. The van der Waals surface area contributed by atoms with E-state index in [1.165, 1.54) is 0 Å². The molecule has 4 heteroatoms. The first-order valence-corrected chi connectivity index (χ1v) is 7.01. The summed E-state index contributed by atoms with van der Waals surface area (Å²) in [5.74, 6) is -0.447. The first-order chi connectivity index (χ1) is 10.2. The first-order valence-electron chi connectivity index (χ1n) is 7.01. The van der Waals surface area contributed by atoms with Gasteiger partial charge in [-0.15, -0.1) is 13.2 Å². The third-order valence-electron chi connectivity index (χ3n) is 3.09. The Balaban J connectivity index is 3.07. The number of ether oxygens (including phenoxy) is 1. The predicted octanol–water partition coefficient (Wildman–Crippen LogP) is 2.33. The Morgan fingerprint density at radius 1 is 1.29 bits per heavy atom. The molecule has 0 radical (unpaired) electrons. The van der Waals surface area contributed by atoms with Gasteiger partial charge >= 0.3 is 5.97 Å². The number of hydrogen-bond donors (Lipinski definition) is 1. The molecule has 4 nitrogen and oxygen atoms in total. The molecule has 0 aliphatic carbocycles. The minimum atomic E-state index is -0.967. The maximum absolute atomic E-state index is 12.3. The summed E-state index contributed by atoms with van der Waals surface area (Å²) in [7, 11) is 0. The lowest BCUT2D eigenvalue weighted by Crippen LogP contribution is -2.46. The van der Waals surface area contributed by atoms with Crippen LogP contribution in [0.3, 0.4) is 0 Å². The summed E-state index contributed by atoms with van der Waals surface area (Å²) in [6.45, 7) is 10.3. The molecule has 0 aliphatic rings. The van der Waals surface area contributed by atoms with E-state index >= 15 is 0 Å². The fourth-order valence-corrected chi connectivity index (χ4v) is 2.17. The van der Waals surface area contributed by atoms with E-state index in [4.69, 9.17) is 4.74 Å². The molecule has 0 amide bonds. The lowest BCUT2D eigenvalue weighted by Gasteiger charge is -2.31. The van der Waals surface area contributed by atoms with Crippen LogP contribution < -0.4 is 0 Å². The molecule has 1 N–H and O–H groups in total. The van der Waals surface area contributed by atoms with E-state index in [9.17, 15) is 9.90 Å². The van der Waals surface area contributed by atoms with Crippen molar-refractivity contribution in [1.29, 1.82) is 0 Å². The second kappa shape index (κ2) is 9.10. The summed E-state index contributed by atoms with van der Waals surface area (Å²) in [5, 5.41) is 10.6. The smallest absolute Gasteiger partial charge is 0.326 e. The van der Waals surface area contributed by atoms with Gasteiger partial charge in [0, 0.05) is 13.1 Å². The van der Waals surface area contributed by atoms with Gasteiger partial charge in [-0.05, 0) is 12.5 Å². The zero-order chi connectivity index (χ0) is 15.7. The van der Waals surface area contributed by atoms with Crippen LogP contribution in [-0.4, -0.2) is 41.7 Å². The highest BCUT2D eigenvalue weighted by Gasteiger charge is 2.33. The number of aliphatic hydroxyl groups is 1. The third-order valence-corrected chi connectivity index (χ3v) is 3.09. The zero-order valence-electron chi connectivity index (χ0n) is 12.4. The average Bonchev–Trinajstić information content (AvgIpc) is 2.49. The number of rotatable bonds is 9. The molecule has 0 aromatic heterocycles. The van der Waals surface area contributed by atoms with Gasteiger partial charge in [0.15, 0.2) is 0 Å². The molecule has 0 saturated carbocycles. The molecule has 0 heterocycles. The van der Waals surface area contributed by atoms with Crippen LogP contribution in [-0.2, 0) is 9.53 Å². The molecule has 0 bridgehead atoms. The maximum Gasteiger partial charge on any atom is 0.326 e. The van der Waals surface area contributed by atoms with E-state index in [-0.39, 0.29) is 6.61 Å². The van der Waals surface area contributed by atoms with Crippen molar-refractivity contribution < 1.29 is 14.6 Å². The molecule has 0 spiro atoms. The average molecular weight is 289 g/mol. The van der Waals surface area contributed by atoms with Crippen molar-refractivity contribution in [3.05, 3.63) is 61.2 Å². The molecule has 1 aromatic carbocycles. The van der Waals surface area contributed by atoms with Crippen molar-refractivity contribution in [2.45, 2.75) is 19.1 Å². The number of benzene rings is 1. The molecule has 1 rings (SSSR count). The lowest BCUT2D eigenvalue weighted by atomic mass is 10.0. The van der Waals surface area contributed by atoms with Crippen LogP contribution in [0.15, 0.2) is 55.6 Å². The molecule has 0 saturated heterocycles. The molecule has 1 aromatic rings. The van der Waals surface area contributed by atoms with E-state index in [0.717, 1.165) is 0 Å². The monoisotopic (exact) mass is 289 g/mol. The molecule has 0 fully saturated rings. The Bertz CT molecular complexity index is 448. The molecule has 21 heavy (non-hydrogen) atoms.